The molecule has 2 aromatic heterocycles. The molecule has 0 unspecified atom stereocenters. The van der Waals surface area contributed by atoms with Crippen molar-refractivity contribution in [1.82, 2.24) is 19.5 Å². The molecule has 4 aromatic rings. The molecule has 0 aliphatic carbocycles. The van der Waals surface area contributed by atoms with E-state index in [1.165, 1.54) is 6.33 Å². The monoisotopic (exact) mass is 524 g/mol. The van der Waals surface area contributed by atoms with Gasteiger partial charge in [-0.2, -0.15) is 0 Å². The molecule has 6 rings (SSSR count). The maximum absolute atomic E-state index is 12.0. The summed E-state index contributed by atoms with van der Waals surface area (Å²) in [5, 5.41) is 0. The number of fused-ring (bicyclic) bond motifs is 2. The van der Waals surface area contributed by atoms with E-state index in [1.54, 1.807) is 6.33 Å². The molecule has 9 heteroatoms. The Morgan fingerprint density at radius 2 is 1.68 bits per heavy atom. The molecule has 2 aromatic carbocycles. The Labute approximate surface area is 182 Å². The van der Waals surface area contributed by atoms with E-state index in [2.05, 4.69) is 39.2 Å². The van der Waals surface area contributed by atoms with Crippen LogP contribution in [0.15, 0.2) is 78.1 Å². The maximum atomic E-state index is 12.0. The number of imidazole rings is 1. The number of nitrogens with zero attached hydrogens (tertiary/aromatic N) is 3. The van der Waals surface area contributed by atoms with Crippen molar-refractivity contribution in [2.75, 3.05) is 6.61 Å². The van der Waals surface area contributed by atoms with Crippen LogP contribution in [-0.2, 0) is 10.9 Å². The van der Waals surface area contributed by atoms with Crippen LogP contribution in [0.1, 0.15) is 12.6 Å². The fraction of sp³-hybridized carbons (Fsp3) is 0.227. The fourth-order valence-electron chi connectivity index (χ4n) is 4.45. The summed E-state index contributed by atoms with van der Waals surface area (Å²) in [5.41, 5.74) is 0.552. The standard InChI is InChI=1S/C10H10N4O4.2C6H5.Sn/c15-2-6-5(16)1-7(18-6)14-4-13-8-9(14)11-3-12-10(8)17;2*1-2-4-6-5-3-1;/h3-7H,1-2H2,(H,11,12,17);2*1-5H;/q-2;;;+2/t5-,6+,7-;;;/m0.../s1. The number of ether oxygens (including phenoxy) is 1. The summed E-state index contributed by atoms with van der Waals surface area (Å²) < 4.78 is 23.8. The second-order valence-corrected chi connectivity index (χ2v) is 16.0. The van der Waals surface area contributed by atoms with E-state index in [-0.39, 0.29) is 24.0 Å². The number of aromatic nitrogens is 4. The van der Waals surface area contributed by atoms with Gasteiger partial charge in [0.05, 0.1) is 0 Å². The Hall–Kier alpha value is -2.53. The number of aromatic amines is 1. The first-order valence-electron chi connectivity index (χ1n) is 10.2. The van der Waals surface area contributed by atoms with Crippen LogP contribution < -0.4 is 12.7 Å². The van der Waals surface area contributed by atoms with Gasteiger partial charge in [-0.05, 0) is 0 Å². The Balaban J connectivity index is 1.36. The van der Waals surface area contributed by atoms with Crippen LogP contribution in [0.4, 0.5) is 0 Å². The van der Waals surface area contributed by atoms with Crippen molar-refractivity contribution in [1.29, 1.82) is 0 Å². The summed E-state index contributed by atoms with van der Waals surface area (Å²) in [6.45, 7) is 0.474. The van der Waals surface area contributed by atoms with Gasteiger partial charge < -0.3 is 0 Å². The Kier molecular flexibility index (Phi) is 4.67. The zero-order valence-corrected chi connectivity index (χ0v) is 19.4. The molecule has 156 valence electrons. The Bertz CT molecular complexity index is 1240. The number of nitrogens with one attached hydrogen (secondary N) is 1. The predicted octanol–water partition coefficient (Wildman–Crippen LogP) is 1.08. The van der Waals surface area contributed by atoms with Gasteiger partial charge in [0.25, 0.3) is 0 Å². The topological polar surface area (TPSA) is 91.3 Å². The molecule has 0 bridgehead atoms. The van der Waals surface area contributed by atoms with Crippen molar-refractivity contribution in [3.63, 3.8) is 0 Å². The fourth-order valence-corrected chi connectivity index (χ4v) is 14.0. The molecule has 2 aliphatic rings. The molecule has 0 spiro atoms. The van der Waals surface area contributed by atoms with Crippen LogP contribution in [0, 0.1) is 0 Å². The first-order valence-corrected chi connectivity index (χ1v) is 15.4. The van der Waals surface area contributed by atoms with Crippen molar-refractivity contribution in [3.05, 3.63) is 83.7 Å². The second kappa shape index (κ2) is 7.56. The Morgan fingerprint density at radius 1 is 0.968 bits per heavy atom. The zero-order chi connectivity index (χ0) is 20.8. The first-order chi connectivity index (χ1) is 15.2. The second-order valence-electron chi connectivity index (χ2n) is 7.74. The van der Waals surface area contributed by atoms with Gasteiger partial charge in [0, 0.05) is 0 Å². The Morgan fingerprint density at radius 3 is 2.39 bits per heavy atom. The van der Waals surface area contributed by atoms with E-state index in [0.29, 0.717) is 24.2 Å². The van der Waals surface area contributed by atoms with Crippen molar-refractivity contribution < 1.29 is 10.9 Å². The summed E-state index contributed by atoms with van der Waals surface area (Å²) in [6.07, 6.45) is 3.05. The molecule has 1 N–H and O–H groups in total. The summed E-state index contributed by atoms with van der Waals surface area (Å²) in [5.74, 6) is 0. The molecule has 2 aliphatic heterocycles. The number of hydrogen-bond acceptors (Lipinski definition) is 6. The molecule has 31 heavy (non-hydrogen) atoms. The van der Waals surface area contributed by atoms with Crippen molar-refractivity contribution in [2.24, 2.45) is 0 Å². The van der Waals surface area contributed by atoms with Gasteiger partial charge in [-0.3, -0.25) is 0 Å². The van der Waals surface area contributed by atoms with Crippen LogP contribution in [0.2, 0.25) is 0 Å². The number of rotatable bonds is 3. The average molecular weight is 523 g/mol. The van der Waals surface area contributed by atoms with Gasteiger partial charge in [0.1, 0.15) is 0 Å². The van der Waals surface area contributed by atoms with Gasteiger partial charge >= 0.3 is 183 Å². The van der Waals surface area contributed by atoms with E-state index in [9.17, 15) is 4.79 Å². The van der Waals surface area contributed by atoms with Crippen LogP contribution >= 0.6 is 0 Å². The third kappa shape index (κ3) is 3.13. The van der Waals surface area contributed by atoms with Gasteiger partial charge in [-0.1, -0.05) is 0 Å². The van der Waals surface area contributed by atoms with E-state index in [4.69, 9.17) is 10.9 Å². The third-order valence-electron chi connectivity index (χ3n) is 5.93. The van der Waals surface area contributed by atoms with E-state index >= 15 is 0 Å². The number of hydrogen-bond donors (Lipinski definition) is 1. The molecular formula is C22H20N4O4Sn. The minimum absolute atomic E-state index is 0.102. The molecule has 0 amide bonds. The number of H-pyrrole nitrogens is 1. The summed E-state index contributed by atoms with van der Waals surface area (Å²) in [7, 11) is 0. The molecule has 0 radical (unpaired) electrons. The third-order valence-corrected chi connectivity index (χ3v) is 15.6. The molecule has 4 heterocycles. The van der Waals surface area contributed by atoms with E-state index < -0.39 is 19.2 Å². The average Bonchev–Trinajstić information content (AvgIpc) is 3.44. The normalized spacial score (nSPS) is 24.8. The van der Waals surface area contributed by atoms with Crippen molar-refractivity contribution >= 4 is 37.5 Å². The van der Waals surface area contributed by atoms with Gasteiger partial charge in [-0.25, -0.2) is 0 Å². The van der Waals surface area contributed by atoms with E-state index in [1.807, 2.05) is 41.0 Å². The SMILES string of the molecule is O=c1[nH]cnc2c1ncn2[C@@H]1C[C@@H]2[O][Sn]([c]3ccccc3)([c]3ccccc3)[O]C[C@H]2O1. The summed E-state index contributed by atoms with van der Waals surface area (Å²) in [4.78, 5) is 23.1. The van der Waals surface area contributed by atoms with Crippen molar-refractivity contribution in [2.45, 2.75) is 24.9 Å². The van der Waals surface area contributed by atoms with Crippen molar-refractivity contribution in [3.8, 4) is 0 Å². The summed E-state index contributed by atoms with van der Waals surface area (Å²) >= 11 is -3.83. The molecule has 2 saturated heterocycles. The minimum atomic E-state index is -3.83. The van der Waals surface area contributed by atoms with Crippen LogP contribution in [0.5, 0.6) is 0 Å². The molecule has 3 atom stereocenters. The van der Waals surface area contributed by atoms with Crippen LogP contribution in [0.3, 0.4) is 0 Å². The number of benzene rings is 2. The van der Waals surface area contributed by atoms with E-state index in [0.717, 1.165) is 7.16 Å². The zero-order valence-electron chi connectivity index (χ0n) is 16.5. The molecule has 2 fully saturated rings. The summed E-state index contributed by atoms with van der Waals surface area (Å²) in [6, 6.07) is 20.6. The quantitative estimate of drug-likeness (QED) is 0.405. The first kappa shape index (κ1) is 19.2. The molecule has 8 nitrogen and oxygen atoms in total. The predicted molar refractivity (Wildman–Crippen MR) is 115 cm³/mol. The van der Waals surface area contributed by atoms with Gasteiger partial charge in [-0.15, -0.1) is 0 Å². The molecule has 0 saturated carbocycles. The van der Waals surface area contributed by atoms with Crippen LogP contribution in [0.25, 0.3) is 11.2 Å². The van der Waals surface area contributed by atoms with Gasteiger partial charge in [0.15, 0.2) is 0 Å². The van der Waals surface area contributed by atoms with Crippen LogP contribution in [-0.4, -0.2) is 57.5 Å². The molecular weight excluding hydrogens is 503 g/mol. The van der Waals surface area contributed by atoms with Gasteiger partial charge in [0.2, 0.25) is 0 Å².